The molecule has 0 radical (unpaired) electrons. The maximum Gasteiger partial charge on any atom is 0.192 e. The van der Waals surface area contributed by atoms with Crippen LogP contribution in [-0.2, 0) is 20.1 Å². The van der Waals surface area contributed by atoms with E-state index >= 15 is 0 Å². The van der Waals surface area contributed by atoms with Crippen molar-refractivity contribution in [2.45, 2.75) is 39.4 Å². The molecule has 10 heteroatoms. The summed E-state index contributed by atoms with van der Waals surface area (Å²) in [5.74, 6) is 3.34. The van der Waals surface area contributed by atoms with Crippen molar-refractivity contribution in [1.82, 2.24) is 30.4 Å². The molecule has 3 heterocycles. The van der Waals surface area contributed by atoms with Gasteiger partial charge in [0.15, 0.2) is 11.8 Å². The van der Waals surface area contributed by atoms with E-state index in [1.54, 1.807) is 11.3 Å². The van der Waals surface area contributed by atoms with Gasteiger partial charge in [-0.05, 0) is 19.9 Å². The summed E-state index contributed by atoms with van der Waals surface area (Å²) in [5, 5.41) is 16.3. The number of hydrogen-bond acceptors (Lipinski definition) is 6. The first kappa shape index (κ1) is 22.5. The van der Waals surface area contributed by atoms with Gasteiger partial charge < -0.3 is 19.9 Å². The lowest BCUT2D eigenvalue weighted by atomic mass is 10.0. The predicted octanol–water partition coefficient (Wildman–Crippen LogP) is 3.27. The monoisotopic (exact) mass is 539 g/mol. The van der Waals surface area contributed by atoms with Gasteiger partial charge in [-0.1, -0.05) is 18.2 Å². The number of nitrogens with one attached hydrogen (secondary N) is 2. The number of fused-ring (bicyclic) bond motifs is 1. The molecule has 0 amide bonds. The summed E-state index contributed by atoms with van der Waals surface area (Å²) < 4.78 is 7.74. The van der Waals surface area contributed by atoms with Crippen LogP contribution < -0.4 is 15.4 Å². The van der Waals surface area contributed by atoms with E-state index in [9.17, 15) is 0 Å². The molecule has 0 bridgehead atoms. The molecule has 8 nitrogen and oxygen atoms in total. The summed E-state index contributed by atoms with van der Waals surface area (Å²) in [7, 11) is 1.95. The average molecular weight is 539 g/mol. The lowest BCUT2D eigenvalue weighted by Crippen LogP contribution is -2.40. The number of thiazole rings is 1. The molecule has 4 rings (SSSR count). The molecular weight excluding hydrogens is 513 g/mol. The first-order valence-corrected chi connectivity index (χ1v) is 10.4. The van der Waals surface area contributed by atoms with E-state index in [-0.39, 0.29) is 30.0 Å². The Hall–Kier alpha value is -2.21. The number of para-hydroxylation sites is 1. The lowest BCUT2D eigenvalue weighted by molar-refractivity contribution is 0.261. The van der Waals surface area contributed by atoms with E-state index in [1.165, 1.54) is 4.88 Å². The van der Waals surface area contributed by atoms with Crippen molar-refractivity contribution in [2.24, 2.45) is 12.0 Å². The molecule has 1 aromatic carbocycles. The smallest absolute Gasteiger partial charge is 0.192 e. The molecule has 1 unspecified atom stereocenters. The van der Waals surface area contributed by atoms with Crippen LogP contribution in [0.2, 0.25) is 0 Å². The first-order chi connectivity index (χ1) is 14.1. The molecule has 1 aliphatic rings. The molecule has 0 saturated heterocycles. The molecule has 30 heavy (non-hydrogen) atoms. The van der Waals surface area contributed by atoms with Crippen LogP contribution in [0.1, 0.15) is 39.6 Å². The predicted molar refractivity (Wildman–Crippen MR) is 128 cm³/mol. The normalized spacial score (nSPS) is 15.7. The number of benzene rings is 1. The second kappa shape index (κ2) is 10.2. The number of aromatic nitrogens is 4. The van der Waals surface area contributed by atoms with Gasteiger partial charge in [0.05, 0.1) is 19.2 Å². The zero-order valence-corrected chi connectivity index (χ0v) is 20.4. The summed E-state index contributed by atoms with van der Waals surface area (Å²) >= 11 is 1.68. The third kappa shape index (κ3) is 5.28. The minimum absolute atomic E-state index is 0. The Bertz CT molecular complexity index is 1020. The molecule has 1 aliphatic heterocycles. The van der Waals surface area contributed by atoms with Gasteiger partial charge in [0.2, 0.25) is 0 Å². The molecule has 0 saturated carbocycles. The number of aliphatic imine (C=N–C) groups is 1. The van der Waals surface area contributed by atoms with Crippen molar-refractivity contribution in [3.05, 3.63) is 57.6 Å². The standard InChI is InChI=1S/C20H25N7OS.HI/c1-13-10-21-19(29-13)12-23-20(22-11-18-26-25-14(2)27(18)3)24-16-8-9-28-17-7-5-4-6-15(16)17;/h4-7,10,16H,8-9,11-12H2,1-3H3,(H2,22,23,24);1H. The Balaban J connectivity index is 0.00000256. The zero-order valence-electron chi connectivity index (χ0n) is 17.3. The van der Waals surface area contributed by atoms with Gasteiger partial charge in [-0.15, -0.1) is 45.5 Å². The summed E-state index contributed by atoms with van der Waals surface area (Å²) in [6.07, 6.45) is 2.76. The van der Waals surface area contributed by atoms with E-state index in [0.717, 1.165) is 40.3 Å². The minimum atomic E-state index is 0. The number of halogens is 1. The summed E-state index contributed by atoms with van der Waals surface area (Å²) in [4.78, 5) is 10.4. The van der Waals surface area contributed by atoms with E-state index in [2.05, 4.69) is 38.8 Å². The molecule has 0 spiro atoms. The summed E-state index contributed by atoms with van der Waals surface area (Å²) in [6, 6.07) is 8.27. The molecule has 2 aromatic heterocycles. The lowest BCUT2D eigenvalue weighted by Gasteiger charge is -2.28. The third-order valence-electron chi connectivity index (χ3n) is 4.91. The Labute approximate surface area is 197 Å². The topological polar surface area (TPSA) is 89.3 Å². The van der Waals surface area contributed by atoms with Gasteiger partial charge in [0, 0.05) is 30.1 Å². The first-order valence-electron chi connectivity index (χ1n) is 9.63. The van der Waals surface area contributed by atoms with Gasteiger partial charge >= 0.3 is 0 Å². The van der Waals surface area contributed by atoms with Crippen molar-refractivity contribution in [3.63, 3.8) is 0 Å². The fourth-order valence-corrected chi connectivity index (χ4v) is 3.92. The summed E-state index contributed by atoms with van der Waals surface area (Å²) in [6.45, 7) is 5.72. The van der Waals surface area contributed by atoms with Crippen molar-refractivity contribution in [1.29, 1.82) is 0 Å². The van der Waals surface area contributed by atoms with Gasteiger partial charge in [0.1, 0.15) is 23.1 Å². The van der Waals surface area contributed by atoms with Crippen molar-refractivity contribution < 1.29 is 4.74 Å². The van der Waals surface area contributed by atoms with Gasteiger partial charge in [0.25, 0.3) is 0 Å². The maximum absolute atomic E-state index is 5.78. The van der Waals surface area contributed by atoms with Gasteiger partial charge in [-0.3, -0.25) is 0 Å². The van der Waals surface area contributed by atoms with Crippen LogP contribution in [0.15, 0.2) is 35.5 Å². The second-order valence-corrected chi connectivity index (χ2v) is 8.30. The van der Waals surface area contributed by atoms with Crippen LogP contribution >= 0.6 is 35.3 Å². The second-order valence-electron chi connectivity index (χ2n) is 6.98. The van der Waals surface area contributed by atoms with E-state index < -0.39 is 0 Å². The van der Waals surface area contributed by atoms with Crippen molar-refractivity contribution >= 4 is 41.3 Å². The number of hydrogen-bond donors (Lipinski definition) is 2. The number of aryl methyl sites for hydroxylation is 2. The molecular formula is C20H26IN7OS. The van der Waals surface area contributed by atoms with Crippen LogP contribution in [0.25, 0.3) is 0 Å². The van der Waals surface area contributed by atoms with Crippen LogP contribution in [0.3, 0.4) is 0 Å². The van der Waals surface area contributed by atoms with Crippen molar-refractivity contribution in [3.8, 4) is 5.75 Å². The Kier molecular flexibility index (Phi) is 7.64. The minimum Gasteiger partial charge on any atom is -0.493 e. The third-order valence-corrected chi connectivity index (χ3v) is 5.82. The SMILES string of the molecule is Cc1cnc(CNC(=NCc2nnc(C)n2C)NC2CCOc3ccccc32)s1.I. The fraction of sp³-hybridized carbons (Fsp3) is 0.400. The largest absolute Gasteiger partial charge is 0.493 e. The van der Waals surface area contributed by atoms with Gasteiger partial charge in [-0.25, -0.2) is 9.98 Å². The zero-order chi connectivity index (χ0) is 20.2. The molecule has 0 fully saturated rings. The molecule has 2 N–H and O–H groups in total. The van der Waals surface area contributed by atoms with E-state index in [4.69, 9.17) is 9.73 Å². The van der Waals surface area contributed by atoms with E-state index in [0.29, 0.717) is 19.7 Å². The highest BCUT2D eigenvalue weighted by molar-refractivity contribution is 14.0. The Morgan fingerprint density at radius 1 is 1.30 bits per heavy atom. The fourth-order valence-electron chi connectivity index (χ4n) is 3.19. The van der Waals surface area contributed by atoms with Gasteiger partial charge in [-0.2, -0.15) is 0 Å². The quantitative estimate of drug-likeness (QED) is 0.294. The highest BCUT2D eigenvalue weighted by atomic mass is 127. The number of ether oxygens (including phenoxy) is 1. The molecule has 3 aromatic rings. The number of guanidine groups is 1. The van der Waals surface area contributed by atoms with Crippen LogP contribution in [0, 0.1) is 13.8 Å². The highest BCUT2D eigenvalue weighted by Crippen LogP contribution is 2.31. The molecule has 160 valence electrons. The molecule has 0 aliphatic carbocycles. The van der Waals surface area contributed by atoms with Crippen LogP contribution in [0.4, 0.5) is 0 Å². The Morgan fingerprint density at radius 3 is 2.87 bits per heavy atom. The van der Waals surface area contributed by atoms with E-state index in [1.807, 2.05) is 42.9 Å². The number of nitrogens with zero attached hydrogens (tertiary/aromatic N) is 5. The Morgan fingerprint density at radius 2 is 2.13 bits per heavy atom. The van der Waals surface area contributed by atoms with Crippen LogP contribution in [0.5, 0.6) is 5.75 Å². The van der Waals surface area contributed by atoms with Crippen molar-refractivity contribution in [2.75, 3.05) is 6.61 Å². The highest BCUT2D eigenvalue weighted by Gasteiger charge is 2.22. The maximum atomic E-state index is 5.78. The molecule has 1 atom stereocenters. The van der Waals surface area contributed by atoms with Crippen LogP contribution in [-0.4, -0.2) is 32.3 Å². The summed E-state index contributed by atoms with van der Waals surface area (Å²) in [5.41, 5.74) is 1.15. The number of rotatable bonds is 5. The average Bonchev–Trinajstić information content (AvgIpc) is 3.29.